The molecule has 0 spiro atoms. The Labute approximate surface area is 124 Å². The van der Waals surface area contributed by atoms with Gasteiger partial charge in [0.15, 0.2) is 0 Å². The average Bonchev–Trinajstić information content (AvgIpc) is 2.43. The lowest BCUT2D eigenvalue weighted by Gasteiger charge is -2.34. The molecule has 3 unspecified atom stereocenters. The van der Waals surface area contributed by atoms with Gasteiger partial charge in [0.05, 0.1) is 7.11 Å². The maximum atomic E-state index is 6.32. The molecule has 3 atom stereocenters. The molecule has 1 aliphatic carbocycles. The van der Waals surface area contributed by atoms with Crippen molar-refractivity contribution in [2.24, 2.45) is 17.6 Å². The highest BCUT2D eigenvalue weighted by Gasteiger charge is 2.27. The first-order valence-electron chi connectivity index (χ1n) is 7.22. The first-order chi connectivity index (χ1) is 9.13. The Morgan fingerprint density at radius 1 is 1.37 bits per heavy atom. The van der Waals surface area contributed by atoms with Gasteiger partial charge in [-0.2, -0.15) is 0 Å². The van der Waals surface area contributed by atoms with Crippen molar-refractivity contribution in [3.8, 4) is 5.75 Å². The summed E-state index contributed by atoms with van der Waals surface area (Å²) in [5, 5.41) is 0. The Hall–Kier alpha value is -0.540. The number of ether oxygens (including phenoxy) is 1. The first-order valence-corrected chi connectivity index (χ1v) is 8.01. The van der Waals surface area contributed by atoms with Gasteiger partial charge in [-0.3, -0.25) is 0 Å². The number of benzene rings is 1. The van der Waals surface area contributed by atoms with Crippen molar-refractivity contribution in [1.82, 2.24) is 0 Å². The molecule has 2 nitrogen and oxygen atoms in total. The van der Waals surface area contributed by atoms with Crippen LogP contribution in [0.2, 0.25) is 0 Å². The Morgan fingerprint density at radius 2 is 2.16 bits per heavy atom. The molecule has 0 aliphatic heterocycles. The van der Waals surface area contributed by atoms with E-state index < -0.39 is 0 Å². The third-order valence-electron chi connectivity index (χ3n) is 4.46. The van der Waals surface area contributed by atoms with Crippen molar-refractivity contribution < 1.29 is 4.74 Å². The SMILES string of the molecule is CCC1CCC(N)C(Cc2cc(OC)ccc2Br)C1. The van der Waals surface area contributed by atoms with Crippen LogP contribution in [0.15, 0.2) is 22.7 Å². The fraction of sp³-hybridized carbons (Fsp3) is 0.625. The van der Waals surface area contributed by atoms with Gasteiger partial charge in [0.25, 0.3) is 0 Å². The summed E-state index contributed by atoms with van der Waals surface area (Å²) in [7, 11) is 1.71. The predicted octanol–water partition coefficient (Wildman–Crippen LogP) is 4.15. The Balaban J connectivity index is 2.10. The highest BCUT2D eigenvalue weighted by atomic mass is 79.9. The van der Waals surface area contributed by atoms with E-state index >= 15 is 0 Å². The number of halogens is 1. The summed E-state index contributed by atoms with van der Waals surface area (Å²) >= 11 is 3.64. The van der Waals surface area contributed by atoms with E-state index in [2.05, 4.69) is 35.0 Å². The van der Waals surface area contributed by atoms with Crippen LogP contribution in [-0.2, 0) is 6.42 Å². The van der Waals surface area contributed by atoms with Crippen LogP contribution in [0.5, 0.6) is 5.75 Å². The highest BCUT2D eigenvalue weighted by Crippen LogP contribution is 2.34. The molecule has 1 aromatic rings. The minimum Gasteiger partial charge on any atom is -0.497 e. The normalized spacial score (nSPS) is 27.3. The maximum absolute atomic E-state index is 6.32. The number of hydrogen-bond acceptors (Lipinski definition) is 2. The molecular weight excluding hydrogens is 302 g/mol. The van der Waals surface area contributed by atoms with E-state index in [0.717, 1.165) is 18.1 Å². The summed E-state index contributed by atoms with van der Waals surface area (Å²) in [4.78, 5) is 0. The molecule has 0 bridgehead atoms. The van der Waals surface area contributed by atoms with E-state index in [1.165, 1.54) is 35.7 Å². The molecule has 1 fully saturated rings. The van der Waals surface area contributed by atoms with Gasteiger partial charge < -0.3 is 10.5 Å². The number of nitrogens with two attached hydrogens (primary N) is 1. The molecule has 1 saturated carbocycles. The number of hydrogen-bond donors (Lipinski definition) is 1. The second-order valence-electron chi connectivity index (χ2n) is 5.67. The molecule has 0 amide bonds. The summed E-state index contributed by atoms with van der Waals surface area (Å²) in [6.07, 6.45) is 6.07. The standard InChI is InChI=1S/C16H24BrNO/c1-3-11-4-7-16(18)13(8-11)9-12-10-14(19-2)5-6-15(12)17/h5-6,10-11,13,16H,3-4,7-9,18H2,1-2H3. The van der Waals surface area contributed by atoms with Crippen LogP contribution < -0.4 is 10.5 Å². The zero-order valence-corrected chi connectivity index (χ0v) is 13.4. The Bertz CT molecular complexity index is 421. The van der Waals surface area contributed by atoms with Crippen molar-refractivity contribution in [2.45, 2.75) is 45.1 Å². The molecule has 2 N–H and O–H groups in total. The van der Waals surface area contributed by atoms with Crippen molar-refractivity contribution in [2.75, 3.05) is 7.11 Å². The van der Waals surface area contributed by atoms with Gasteiger partial charge in [-0.1, -0.05) is 29.3 Å². The molecule has 2 rings (SSSR count). The predicted molar refractivity (Wildman–Crippen MR) is 83.5 cm³/mol. The number of methoxy groups -OCH3 is 1. The largest absolute Gasteiger partial charge is 0.497 e. The number of rotatable bonds is 4. The molecule has 0 heterocycles. The summed E-state index contributed by atoms with van der Waals surface area (Å²) in [6, 6.07) is 6.54. The highest BCUT2D eigenvalue weighted by molar-refractivity contribution is 9.10. The van der Waals surface area contributed by atoms with E-state index in [4.69, 9.17) is 10.5 Å². The lowest BCUT2D eigenvalue weighted by atomic mass is 9.75. The van der Waals surface area contributed by atoms with Crippen LogP contribution in [0.1, 0.15) is 38.2 Å². The van der Waals surface area contributed by atoms with Crippen LogP contribution in [0, 0.1) is 11.8 Å². The smallest absolute Gasteiger partial charge is 0.119 e. The maximum Gasteiger partial charge on any atom is 0.119 e. The molecule has 0 aromatic heterocycles. The zero-order chi connectivity index (χ0) is 13.8. The van der Waals surface area contributed by atoms with Crippen LogP contribution in [0.3, 0.4) is 0 Å². The van der Waals surface area contributed by atoms with Crippen molar-refractivity contribution in [3.63, 3.8) is 0 Å². The van der Waals surface area contributed by atoms with Gasteiger partial charge in [-0.05, 0) is 61.3 Å². The zero-order valence-electron chi connectivity index (χ0n) is 11.9. The molecule has 1 aliphatic rings. The van der Waals surface area contributed by atoms with Gasteiger partial charge in [0.1, 0.15) is 5.75 Å². The van der Waals surface area contributed by atoms with Crippen LogP contribution >= 0.6 is 15.9 Å². The topological polar surface area (TPSA) is 35.2 Å². The second kappa shape index (κ2) is 6.76. The Morgan fingerprint density at radius 3 is 2.84 bits per heavy atom. The molecule has 1 aromatic carbocycles. The van der Waals surface area contributed by atoms with E-state index in [1.807, 2.05) is 6.07 Å². The van der Waals surface area contributed by atoms with Crippen molar-refractivity contribution in [1.29, 1.82) is 0 Å². The molecule has 0 saturated heterocycles. The molecule has 19 heavy (non-hydrogen) atoms. The van der Waals surface area contributed by atoms with Gasteiger partial charge in [-0.15, -0.1) is 0 Å². The second-order valence-corrected chi connectivity index (χ2v) is 6.53. The Kier molecular flexibility index (Phi) is 5.28. The van der Waals surface area contributed by atoms with Gasteiger partial charge >= 0.3 is 0 Å². The van der Waals surface area contributed by atoms with E-state index in [9.17, 15) is 0 Å². The fourth-order valence-corrected chi connectivity index (χ4v) is 3.52. The van der Waals surface area contributed by atoms with E-state index in [-0.39, 0.29) is 0 Å². The van der Waals surface area contributed by atoms with Crippen molar-refractivity contribution >= 4 is 15.9 Å². The molecule has 0 radical (unpaired) electrons. The van der Waals surface area contributed by atoms with Crippen molar-refractivity contribution in [3.05, 3.63) is 28.2 Å². The summed E-state index contributed by atoms with van der Waals surface area (Å²) in [5.74, 6) is 2.38. The van der Waals surface area contributed by atoms with Crippen LogP contribution in [-0.4, -0.2) is 13.2 Å². The van der Waals surface area contributed by atoms with Crippen LogP contribution in [0.25, 0.3) is 0 Å². The minimum absolute atomic E-state index is 0.348. The molecule has 3 heteroatoms. The third-order valence-corrected chi connectivity index (χ3v) is 5.24. The lowest BCUT2D eigenvalue weighted by molar-refractivity contribution is 0.227. The minimum atomic E-state index is 0.348. The monoisotopic (exact) mass is 325 g/mol. The van der Waals surface area contributed by atoms with Gasteiger partial charge in [0.2, 0.25) is 0 Å². The summed E-state index contributed by atoms with van der Waals surface area (Å²) in [6.45, 7) is 2.29. The lowest BCUT2D eigenvalue weighted by Crippen LogP contribution is -2.37. The third kappa shape index (κ3) is 3.73. The quantitative estimate of drug-likeness (QED) is 0.902. The summed E-state index contributed by atoms with van der Waals surface area (Å²) < 4.78 is 6.48. The average molecular weight is 326 g/mol. The van der Waals surface area contributed by atoms with E-state index in [0.29, 0.717) is 12.0 Å². The fourth-order valence-electron chi connectivity index (χ4n) is 3.11. The summed E-state index contributed by atoms with van der Waals surface area (Å²) in [5.41, 5.74) is 7.63. The van der Waals surface area contributed by atoms with Gasteiger partial charge in [0, 0.05) is 10.5 Å². The van der Waals surface area contributed by atoms with Gasteiger partial charge in [-0.25, -0.2) is 0 Å². The van der Waals surface area contributed by atoms with E-state index in [1.54, 1.807) is 7.11 Å². The molecular formula is C16H24BrNO. The molecule has 106 valence electrons. The first kappa shape index (κ1) is 14.9. The van der Waals surface area contributed by atoms with Crippen LogP contribution in [0.4, 0.5) is 0 Å².